The third-order valence-electron chi connectivity index (χ3n) is 6.23. The molecular formula is C23H24ClN3O2. The van der Waals surface area contributed by atoms with Crippen LogP contribution in [-0.4, -0.2) is 40.1 Å². The van der Waals surface area contributed by atoms with Gasteiger partial charge in [0.2, 0.25) is 0 Å². The number of rotatable bonds is 4. The lowest BCUT2D eigenvalue weighted by atomic mass is 10.00. The highest BCUT2D eigenvalue weighted by Crippen LogP contribution is 2.35. The first-order valence-corrected chi connectivity index (χ1v) is 10.6. The van der Waals surface area contributed by atoms with E-state index in [1.165, 1.54) is 18.4 Å². The van der Waals surface area contributed by atoms with Crippen molar-refractivity contribution in [2.75, 3.05) is 13.2 Å². The fourth-order valence-electron chi connectivity index (χ4n) is 4.67. The van der Waals surface area contributed by atoms with Gasteiger partial charge in [-0.25, -0.2) is 0 Å². The van der Waals surface area contributed by atoms with Crippen molar-refractivity contribution in [3.05, 3.63) is 58.1 Å². The summed E-state index contributed by atoms with van der Waals surface area (Å²) in [4.78, 5) is 18.2. The lowest BCUT2D eigenvalue weighted by Crippen LogP contribution is -2.41. The average Bonchev–Trinajstić information content (AvgIpc) is 3.33. The quantitative estimate of drug-likeness (QED) is 0.608. The van der Waals surface area contributed by atoms with Gasteiger partial charge in [0.05, 0.1) is 12.2 Å². The molecule has 0 saturated carbocycles. The fourth-order valence-corrected chi connectivity index (χ4v) is 4.90. The molecule has 29 heavy (non-hydrogen) atoms. The zero-order valence-electron chi connectivity index (χ0n) is 16.2. The van der Waals surface area contributed by atoms with Crippen LogP contribution in [0.25, 0.3) is 22.2 Å². The number of likely N-dealkylation sites (tertiary alicyclic amines) is 1. The van der Waals surface area contributed by atoms with E-state index in [1.807, 2.05) is 12.1 Å². The SMILES string of the molecule is O=C1NCc2c(Cl)ccc(-c3cc4cc(CN5CCCCC5CO)ccc4[nH]3)c21. The number of benzene rings is 2. The van der Waals surface area contributed by atoms with Gasteiger partial charge in [-0.05, 0) is 49.2 Å². The molecule has 3 N–H and O–H groups in total. The van der Waals surface area contributed by atoms with Gasteiger partial charge < -0.3 is 15.4 Å². The third kappa shape index (κ3) is 3.33. The van der Waals surface area contributed by atoms with Gasteiger partial charge in [-0.2, -0.15) is 0 Å². The fraction of sp³-hybridized carbons (Fsp3) is 0.348. The molecule has 0 radical (unpaired) electrons. The largest absolute Gasteiger partial charge is 0.395 e. The van der Waals surface area contributed by atoms with Gasteiger partial charge in [0.1, 0.15) is 0 Å². The maximum Gasteiger partial charge on any atom is 0.252 e. The predicted molar refractivity (Wildman–Crippen MR) is 115 cm³/mol. The van der Waals surface area contributed by atoms with E-state index in [-0.39, 0.29) is 18.6 Å². The number of halogens is 1. The molecule has 5 rings (SSSR count). The van der Waals surface area contributed by atoms with Gasteiger partial charge >= 0.3 is 0 Å². The number of fused-ring (bicyclic) bond motifs is 2. The summed E-state index contributed by atoms with van der Waals surface area (Å²) in [5, 5.41) is 14.3. The number of aliphatic hydroxyl groups is 1. The molecule has 0 bridgehead atoms. The highest BCUT2D eigenvalue weighted by molar-refractivity contribution is 6.32. The molecule has 0 aliphatic carbocycles. The van der Waals surface area contributed by atoms with Gasteiger partial charge in [0.25, 0.3) is 5.91 Å². The number of H-pyrrole nitrogens is 1. The highest BCUT2D eigenvalue weighted by Gasteiger charge is 2.26. The van der Waals surface area contributed by atoms with Gasteiger partial charge in [0, 0.05) is 51.9 Å². The standard InChI is InChI=1S/C23H24ClN3O2/c24-19-6-5-17(22-18(19)11-25-23(22)29)21-10-15-9-14(4-7-20(15)26-21)12-27-8-2-1-3-16(27)13-28/h4-7,9-10,16,26,28H,1-3,8,11-13H2,(H,25,29). The molecule has 2 aromatic carbocycles. The van der Waals surface area contributed by atoms with E-state index in [0.717, 1.165) is 47.2 Å². The molecule has 5 nitrogen and oxygen atoms in total. The summed E-state index contributed by atoms with van der Waals surface area (Å²) in [6, 6.07) is 12.6. The number of nitrogens with one attached hydrogen (secondary N) is 2. The monoisotopic (exact) mass is 409 g/mol. The van der Waals surface area contributed by atoms with Crippen molar-refractivity contribution < 1.29 is 9.90 Å². The number of piperidine rings is 1. The minimum absolute atomic E-state index is 0.0722. The zero-order chi connectivity index (χ0) is 20.0. The minimum atomic E-state index is -0.0722. The Morgan fingerprint density at radius 3 is 2.93 bits per heavy atom. The molecule has 150 valence electrons. The molecule has 2 aliphatic heterocycles. The summed E-state index contributed by atoms with van der Waals surface area (Å²) in [5.74, 6) is -0.0722. The maximum absolute atomic E-state index is 12.4. The van der Waals surface area contributed by atoms with Crippen molar-refractivity contribution in [3.8, 4) is 11.3 Å². The minimum Gasteiger partial charge on any atom is -0.395 e. The molecule has 6 heteroatoms. The Kier molecular flexibility index (Phi) is 4.82. The third-order valence-corrected chi connectivity index (χ3v) is 6.58. The second-order valence-electron chi connectivity index (χ2n) is 8.04. The summed E-state index contributed by atoms with van der Waals surface area (Å²) in [6.45, 7) is 2.58. The highest BCUT2D eigenvalue weighted by atomic mass is 35.5. The Balaban J connectivity index is 1.48. The molecule has 1 aromatic heterocycles. The van der Waals surface area contributed by atoms with E-state index < -0.39 is 0 Å². The van der Waals surface area contributed by atoms with Crippen LogP contribution >= 0.6 is 11.6 Å². The lowest BCUT2D eigenvalue weighted by molar-refractivity contribution is 0.0841. The summed E-state index contributed by atoms with van der Waals surface area (Å²) in [5.41, 5.74) is 5.63. The molecular weight excluding hydrogens is 386 g/mol. The van der Waals surface area contributed by atoms with E-state index in [2.05, 4.69) is 39.5 Å². The Morgan fingerprint density at radius 2 is 2.07 bits per heavy atom. The van der Waals surface area contributed by atoms with Crippen LogP contribution in [0.2, 0.25) is 5.02 Å². The van der Waals surface area contributed by atoms with Crippen LogP contribution in [0, 0.1) is 0 Å². The Labute approximate surface area is 174 Å². The molecule has 1 amide bonds. The molecule has 2 aliphatic rings. The topological polar surface area (TPSA) is 68.4 Å². The normalized spacial score (nSPS) is 19.5. The van der Waals surface area contributed by atoms with E-state index >= 15 is 0 Å². The van der Waals surface area contributed by atoms with E-state index in [9.17, 15) is 9.90 Å². The van der Waals surface area contributed by atoms with Crippen LogP contribution in [0.1, 0.15) is 40.7 Å². The van der Waals surface area contributed by atoms with Crippen molar-refractivity contribution in [1.29, 1.82) is 0 Å². The zero-order valence-corrected chi connectivity index (χ0v) is 16.9. The van der Waals surface area contributed by atoms with Crippen molar-refractivity contribution in [2.45, 2.75) is 38.4 Å². The summed E-state index contributed by atoms with van der Waals surface area (Å²) >= 11 is 6.29. The van der Waals surface area contributed by atoms with Gasteiger partial charge in [0.15, 0.2) is 0 Å². The van der Waals surface area contributed by atoms with E-state index in [0.29, 0.717) is 17.1 Å². The maximum atomic E-state index is 12.4. The molecule has 1 unspecified atom stereocenters. The van der Waals surface area contributed by atoms with Crippen LogP contribution in [0.4, 0.5) is 0 Å². The van der Waals surface area contributed by atoms with Crippen LogP contribution < -0.4 is 5.32 Å². The molecule has 3 heterocycles. The first-order chi connectivity index (χ1) is 14.1. The van der Waals surface area contributed by atoms with Crippen molar-refractivity contribution >= 4 is 28.4 Å². The summed E-state index contributed by atoms with van der Waals surface area (Å²) in [7, 11) is 0. The second kappa shape index (κ2) is 7.48. The molecule has 3 aromatic rings. The number of aromatic nitrogens is 1. The summed E-state index contributed by atoms with van der Waals surface area (Å²) < 4.78 is 0. The van der Waals surface area contributed by atoms with Crippen LogP contribution in [0.3, 0.4) is 0 Å². The number of aromatic amines is 1. The number of hydrogen-bond donors (Lipinski definition) is 3. The summed E-state index contributed by atoms with van der Waals surface area (Å²) in [6.07, 6.45) is 3.45. The van der Waals surface area contributed by atoms with Crippen LogP contribution in [0.5, 0.6) is 0 Å². The molecule has 1 fully saturated rings. The molecule has 0 spiro atoms. The average molecular weight is 410 g/mol. The smallest absolute Gasteiger partial charge is 0.252 e. The predicted octanol–water partition coefficient (Wildman–Crippen LogP) is 4.08. The Morgan fingerprint density at radius 1 is 1.17 bits per heavy atom. The van der Waals surface area contributed by atoms with Gasteiger partial charge in [-0.15, -0.1) is 0 Å². The second-order valence-corrected chi connectivity index (χ2v) is 8.45. The lowest BCUT2D eigenvalue weighted by Gasteiger charge is -2.34. The number of hydrogen-bond acceptors (Lipinski definition) is 3. The number of aliphatic hydroxyl groups excluding tert-OH is 1. The van der Waals surface area contributed by atoms with Gasteiger partial charge in [-0.1, -0.05) is 30.2 Å². The van der Waals surface area contributed by atoms with Crippen LogP contribution in [0.15, 0.2) is 36.4 Å². The Hall–Kier alpha value is -2.34. The number of nitrogens with zero attached hydrogens (tertiary/aromatic N) is 1. The Bertz CT molecular complexity index is 1090. The van der Waals surface area contributed by atoms with Crippen molar-refractivity contribution in [2.24, 2.45) is 0 Å². The van der Waals surface area contributed by atoms with Gasteiger partial charge in [-0.3, -0.25) is 9.69 Å². The molecule has 1 saturated heterocycles. The molecule has 1 atom stereocenters. The first kappa shape index (κ1) is 18.7. The van der Waals surface area contributed by atoms with Crippen molar-refractivity contribution in [3.63, 3.8) is 0 Å². The van der Waals surface area contributed by atoms with Crippen molar-refractivity contribution in [1.82, 2.24) is 15.2 Å². The number of carbonyl (C=O) groups excluding carboxylic acids is 1. The van der Waals surface area contributed by atoms with E-state index in [1.54, 1.807) is 0 Å². The number of carbonyl (C=O) groups is 1. The first-order valence-electron chi connectivity index (χ1n) is 10.2. The van der Waals surface area contributed by atoms with E-state index in [4.69, 9.17) is 11.6 Å². The number of amides is 1. The van der Waals surface area contributed by atoms with Crippen LogP contribution in [-0.2, 0) is 13.1 Å².